The lowest BCUT2D eigenvalue weighted by atomic mass is 10.2. The highest BCUT2D eigenvalue weighted by atomic mass is 79.9. The Labute approximate surface area is 134 Å². The summed E-state index contributed by atoms with van der Waals surface area (Å²) in [6.45, 7) is 0.366. The zero-order chi connectivity index (χ0) is 14.7. The highest BCUT2D eigenvalue weighted by Crippen LogP contribution is 2.18. The zero-order valence-electron chi connectivity index (χ0n) is 10.8. The molecule has 0 bridgehead atoms. The molecule has 5 nitrogen and oxygen atoms in total. The summed E-state index contributed by atoms with van der Waals surface area (Å²) < 4.78 is 0.998. The summed E-state index contributed by atoms with van der Waals surface area (Å²) in [6.07, 6.45) is 0. The quantitative estimate of drug-likeness (QED) is 0.711. The third kappa shape index (κ3) is 3.40. The second kappa shape index (κ2) is 6.24. The molecule has 1 heterocycles. The molecule has 0 fully saturated rings. The minimum atomic E-state index is 0.366. The Balaban J connectivity index is 1.78. The van der Waals surface area contributed by atoms with E-state index in [-0.39, 0.29) is 0 Å². The van der Waals surface area contributed by atoms with Crippen LogP contribution in [-0.4, -0.2) is 20.4 Å². The van der Waals surface area contributed by atoms with E-state index in [9.17, 15) is 0 Å². The summed E-state index contributed by atoms with van der Waals surface area (Å²) in [7, 11) is 0. The van der Waals surface area contributed by atoms with Crippen LogP contribution in [0.25, 0.3) is 11.4 Å². The van der Waals surface area contributed by atoms with Gasteiger partial charge >= 0.3 is 0 Å². The van der Waals surface area contributed by atoms with Crippen LogP contribution in [0, 0.1) is 0 Å². The van der Waals surface area contributed by atoms with E-state index in [1.807, 2.05) is 36.4 Å². The van der Waals surface area contributed by atoms with Gasteiger partial charge < -0.3 is 4.84 Å². The average molecular weight is 366 g/mol. The van der Waals surface area contributed by atoms with E-state index in [1.54, 1.807) is 12.1 Å². The fourth-order valence-corrected chi connectivity index (χ4v) is 2.37. The van der Waals surface area contributed by atoms with Gasteiger partial charge in [0.25, 0.3) is 0 Å². The summed E-state index contributed by atoms with van der Waals surface area (Å²) in [6, 6.07) is 15.1. The van der Waals surface area contributed by atoms with Gasteiger partial charge in [0.1, 0.15) is 6.61 Å². The summed E-state index contributed by atoms with van der Waals surface area (Å²) >= 11 is 9.30. The molecule has 21 heavy (non-hydrogen) atoms. The first-order chi connectivity index (χ1) is 10.2. The van der Waals surface area contributed by atoms with E-state index in [1.165, 1.54) is 4.85 Å². The van der Waals surface area contributed by atoms with Crippen molar-refractivity contribution in [2.45, 2.75) is 6.61 Å². The fraction of sp³-hybridized carbons (Fsp3) is 0.0714. The van der Waals surface area contributed by atoms with Gasteiger partial charge in [-0.2, -0.15) is 0 Å². The van der Waals surface area contributed by atoms with Crippen molar-refractivity contribution in [2.75, 3.05) is 0 Å². The topological polar surface area (TPSA) is 52.8 Å². The van der Waals surface area contributed by atoms with Crippen LogP contribution in [0.3, 0.4) is 0 Å². The molecule has 106 valence electrons. The summed E-state index contributed by atoms with van der Waals surface area (Å²) in [5.74, 6) is 0.529. The lowest BCUT2D eigenvalue weighted by molar-refractivity contribution is 0.0694. The molecule has 0 N–H and O–H groups in total. The molecule has 0 radical (unpaired) electrons. The molecule has 7 heteroatoms. The molecule has 0 spiro atoms. The number of rotatable bonds is 4. The highest BCUT2D eigenvalue weighted by Gasteiger charge is 2.10. The molecular weight excluding hydrogens is 356 g/mol. The molecule has 3 rings (SSSR count). The Bertz CT molecular complexity index is 745. The van der Waals surface area contributed by atoms with Gasteiger partial charge in [-0.3, -0.25) is 0 Å². The monoisotopic (exact) mass is 364 g/mol. The second-order valence-corrected chi connectivity index (χ2v) is 5.64. The Morgan fingerprint density at radius 2 is 1.95 bits per heavy atom. The molecule has 0 aliphatic rings. The van der Waals surface area contributed by atoms with Gasteiger partial charge in [-0.15, -0.1) is 5.10 Å². The van der Waals surface area contributed by atoms with Crippen molar-refractivity contribution in [3.05, 3.63) is 63.6 Å². The van der Waals surface area contributed by atoms with Crippen LogP contribution in [0.15, 0.2) is 53.0 Å². The molecule has 0 saturated carbocycles. The highest BCUT2D eigenvalue weighted by molar-refractivity contribution is 9.10. The van der Waals surface area contributed by atoms with Crippen molar-refractivity contribution in [3.8, 4) is 11.4 Å². The third-order valence-corrected chi connectivity index (χ3v) is 3.53. The van der Waals surface area contributed by atoms with Crippen molar-refractivity contribution in [1.82, 2.24) is 20.4 Å². The van der Waals surface area contributed by atoms with E-state index in [0.717, 1.165) is 15.6 Å². The predicted octanol–water partition coefficient (Wildman–Crippen LogP) is 3.38. The van der Waals surface area contributed by atoms with Crippen molar-refractivity contribution < 1.29 is 4.84 Å². The Kier molecular flexibility index (Phi) is 4.17. The Morgan fingerprint density at radius 1 is 1.14 bits per heavy atom. The molecule has 3 aromatic rings. The lowest BCUT2D eigenvalue weighted by Crippen LogP contribution is -2.14. The van der Waals surface area contributed by atoms with Gasteiger partial charge in [0, 0.05) is 15.1 Å². The van der Waals surface area contributed by atoms with Gasteiger partial charge in [0.2, 0.25) is 5.82 Å². The van der Waals surface area contributed by atoms with Gasteiger partial charge in [-0.1, -0.05) is 44.5 Å². The number of benzene rings is 2. The largest absolute Gasteiger partial charge is 0.389 e. The lowest BCUT2D eigenvalue weighted by Gasteiger charge is -2.07. The van der Waals surface area contributed by atoms with E-state index >= 15 is 0 Å². The summed E-state index contributed by atoms with van der Waals surface area (Å²) in [5.41, 5.74) is 1.85. The minimum absolute atomic E-state index is 0.366. The Hall–Kier alpha value is -1.92. The first kappa shape index (κ1) is 14.0. The second-order valence-electron chi connectivity index (χ2n) is 4.29. The van der Waals surface area contributed by atoms with E-state index in [4.69, 9.17) is 16.4 Å². The number of hydrogen-bond donors (Lipinski definition) is 0. The van der Waals surface area contributed by atoms with Crippen LogP contribution in [0.2, 0.25) is 5.02 Å². The molecule has 0 aliphatic heterocycles. The first-order valence-electron chi connectivity index (χ1n) is 6.14. The van der Waals surface area contributed by atoms with Crippen molar-refractivity contribution >= 4 is 27.5 Å². The normalized spacial score (nSPS) is 10.6. The molecule has 0 amide bonds. The van der Waals surface area contributed by atoms with Gasteiger partial charge in [-0.25, -0.2) is 0 Å². The van der Waals surface area contributed by atoms with Crippen molar-refractivity contribution in [2.24, 2.45) is 0 Å². The van der Waals surface area contributed by atoms with Crippen LogP contribution in [0.5, 0.6) is 0 Å². The predicted molar refractivity (Wildman–Crippen MR) is 82.7 cm³/mol. The van der Waals surface area contributed by atoms with Crippen LogP contribution >= 0.6 is 27.5 Å². The molecule has 0 atom stereocenters. The van der Waals surface area contributed by atoms with Crippen molar-refractivity contribution in [3.63, 3.8) is 0 Å². The van der Waals surface area contributed by atoms with Crippen molar-refractivity contribution in [1.29, 1.82) is 0 Å². The minimum Gasteiger partial charge on any atom is -0.389 e. The van der Waals surface area contributed by atoms with Crippen LogP contribution in [0.1, 0.15) is 5.56 Å². The van der Waals surface area contributed by atoms with E-state index in [0.29, 0.717) is 17.5 Å². The summed E-state index contributed by atoms with van der Waals surface area (Å²) in [5, 5.41) is 12.1. The fourth-order valence-electron chi connectivity index (χ4n) is 1.80. The molecule has 1 aromatic heterocycles. The maximum Gasteiger partial charge on any atom is 0.222 e. The average Bonchev–Trinajstić information content (AvgIpc) is 2.94. The van der Waals surface area contributed by atoms with Crippen LogP contribution in [-0.2, 0) is 6.61 Å². The number of tetrazole rings is 1. The number of halogens is 2. The van der Waals surface area contributed by atoms with Crippen LogP contribution < -0.4 is 4.84 Å². The summed E-state index contributed by atoms with van der Waals surface area (Å²) in [4.78, 5) is 6.94. The molecular formula is C14H10BrClN4O. The molecule has 0 aliphatic carbocycles. The third-order valence-electron chi connectivity index (χ3n) is 2.79. The number of nitrogens with zero attached hydrogens (tertiary/aromatic N) is 4. The maximum absolute atomic E-state index is 5.87. The maximum atomic E-state index is 5.87. The SMILES string of the molecule is Clc1ccc(-c2nnnn2OCc2cccc(Br)c2)cc1. The Morgan fingerprint density at radius 3 is 2.71 bits per heavy atom. The standard InChI is InChI=1S/C14H10BrClN4O/c15-12-3-1-2-10(8-12)9-21-20-14(17-18-19-20)11-4-6-13(16)7-5-11/h1-8H,9H2. The molecule has 2 aromatic carbocycles. The van der Waals surface area contributed by atoms with E-state index < -0.39 is 0 Å². The van der Waals surface area contributed by atoms with Gasteiger partial charge in [0.05, 0.1) is 0 Å². The number of aromatic nitrogens is 4. The van der Waals surface area contributed by atoms with Gasteiger partial charge in [0.15, 0.2) is 0 Å². The zero-order valence-corrected chi connectivity index (χ0v) is 13.1. The first-order valence-corrected chi connectivity index (χ1v) is 7.31. The van der Waals surface area contributed by atoms with E-state index in [2.05, 4.69) is 31.5 Å². The molecule has 0 saturated heterocycles. The van der Waals surface area contributed by atoms with Crippen LogP contribution in [0.4, 0.5) is 0 Å². The van der Waals surface area contributed by atoms with Gasteiger partial charge in [-0.05, 0) is 52.4 Å². The number of hydrogen-bond acceptors (Lipinski definition) is 4. The smallest absolute Gasteiger partial charge is 0.222 e. The molecule has 0 unspecified atom stereocenters.